The first-order valence-electron chi connectivity index (χ1n) is 11.9. The number of piperazine rings is 1. The first-order chi connectivity index (χ1) is 17.3. The van der Waals surface area contributed by atoms with Crippen molar-refractivity contribution in [3.05, 3.63) is 83.0 Å². The minimum atomic E-state index is -0.705. The third-order valence-electron chi connectivity index (χ3n) is 6.31. The zero-order valence-electron chi connectivity index (χ0n) is 20.8. The number of anilines is 3. The van der Waals surface area contributed by atoms with Crippen molar-refractivity contribution in [3.8, 4) is 6.07 Å². The van der Waals surface area contributed by atoms with Gasteiger partial charge in [-0.3, -0.25) is 9.59 Å². The predicted molar refractivity (Wildman–Crippen MR) is 141 cm³/mol. The van der Waals surface area contributed by atoms with Crippen LogP contribution in [0.1, 0.15) is 45.7 Å². The summed E-state index contributed by atoms with van der Waals surface area (Å²) in [5.41, 5.74) is 2.85. The van der Waals surface area contributed by atoms with Crippen LogP contribution in [0, 0.1) is 18.3 Å². The molecular weight excluding hydrogens is 452 g/mol. The molecule has 184 valence electrons. The Morgan fingerprint density at radius 1 is 1.00 bits per heavy atom. The highest BCUT2D eigenvalue weighted by molar-refractivity contribution is 6.08. The van der Waals surface area contributed by atoms with Gasteiger partial charge in [-0.2, -0.15) is 5.26 Å². The van der Waals surface area contributed by atoms with Gasteiger partial charge in [-0.25, -0.2) is 4.98 Å². The molecule has 1 fully saturated rings. The molecule has 2 heterocycles. The molecule has 0 radical (unpaired) electrons. The van der Waals surface area contributed by atoms with E-state index < -0.39 is 5.41 Å². The number of amides is 2. The monoisotopic (exact) mass is 482 g/mol. The first-order valence-corrected chi connectivity index (χ1v) is 11.9. The molecule has 0 saturated carbocycles. The Hall–Kier alpha value is -4.22. The van der Waals surface area contributed by atoms with Crippen LogP contribution < -0.4 is 20.9 Å². The summed E-state index contributed by atoms with van der Waals surface area (Å²) in [5, 5.41) is 18.5. The second-order valence-corrected chi connectivity index (χ2v) is 9.40. The molecule has 8 heteroatoms. The van der Waals surface area contributed by atoms with Crippen LogP contribution in [0.2, 0.25) is 0 Å². The van der Waals surface area contributed by atoms with Crippen molar-refractivity contribution in [1.82, 2.24) is 10.3 Å². The number of nitrogens with zero attached hydrogens (tertiary/aromatic N) is 3. The molecule has 8 nitrogen and oxygen atoms in total. The number of aromatic nitrogens is 1. The van der Waals surface area contributed by atoms with Crippen LogP contribution in [0.5, 0.6) is 0 Å². The van der Waals surface area contributed by atoms with Crippen LogP contribution in [0.15, 0.2) is 60.8 Å². The molecule has 1 aliphatic heterocycles. The van der Waals surface area contributed by atoms with Crippen molar-refractivity contribution < 1.29 is 9.59 Å². The zero-order valence-corrected chi connectivity index (χ0v) is 20.8. The van der Waals surface area contributed by atoms with Crippen molar-refractivity contribution in [1.29, 1.82) is 5.26 Å². The van der Waals surface area contributed by atoms with E-state index in [4.69, 9.17) is 0 Å². The van der Waals surface area contributed by atoms with E-state index in [1.54, 1.807) is 42.6 Å². The van der Waals surface area contributed by atoms with E-state index in [9.17, 15) is 14.9 Å². The highest BCUT2D eigenvalue weighted by atomic mass is 16.2. The predicted octanol–water partition coefficient (Wildman–Crippen LogP) is 4.11. The Morgan fingerprint density at radius 3 is 2.42 bits per heavy atom. The van der Waals surface area contributed by atoms with Crippen molar-refractivity contribution in [3.63, 3.8) is 0 Å². The molecule has 3 N–H and O–H groups in total. The minimum absolute atomic E-state index is 0.280. The molecule has 2 amide bonds. The lowest BCUT2D eigenvalue weighted by Gasteiger charge is -2.28. The summed E-state index contributed by atoms with van der Waals surface area (Å²) >= 11 is 0. The molecule has 1 aliphatic rings. The van der Waals surface area contributed by atoms with Crippen molar-refractivity contribution >= 4 is 29.0 Å². The molecule has 2 aromatic carbocycles. The molecule has 36 heavy (non-hydrogen) atoms. The molecule has 3 aromatic rings. The Labute approximate surface area is 211 Å². The van der Waals surface area contributed by atoms with E-state index in [1.165, 1.54) is 0 Å². The van der Waals surface area contributed by atoms with Crippen LogP contribution in [-0.4, -0.2) is 43.0 Å². The smallest absolute Gasteiger partial charge is 0.256 e. The number of pyridine rings is 1. The summed E-state index contributed by atoms with van der Waals surface area (Å²) in [7, 11) is 0. The fraction of sp³-hybridized carbons (Fsp3) is 0.286. The number of carbonyl (C=O) groups excluding carboxylic acids is 2. The van der Waals surface area contributed by atoms with E-state index in [2.05, 4.69) is 31.9 Å². The van der Waals surface area contributed by atoms with E-state index >= 15 is 0 Å². The van der Waals surface area contributed by atoms with Gasteiger partial charge in [-0.15, -0.1) is 0 Å². The van der Waals surface area contributed by atoms with Crippen LogP contribution >= 0.6 is 0 Å². The Kier molecular flexibility index (Phi) is 7.32. The van der Waals surface area contributed by atoms with Crippen LogP contribution in [-0.2, 0) is 5.41 Å². The minimum Gasteiger partial charge on any atom is -0.354 e. The second kappa shape index (κ2) is 10.6. The highest BCUT2D eigenvalue weighted by Crippen LogP contribution is 2.24. The van der Waals surface area contributed by atoms with Crippen molar-refractivity contribution in [2.24, 2.45) is 0 Å². The third kappa shape index (κ3) is 5.70. The lowest BCUT2D eigenvalue weighted by molar-refractivity contribution is 0.101. The fourth-order valence-corrected chi connectivity index (χ4v) is 4.00. The fourth-order valence-electron chi connectivity index (χ4n) is 4.00. The van der Waals surface area contributed by atoms with Crippen LogP contribution in [0.3, 0.4) is 0 Å². The molecule has 1 saturated heterocycles. The van der Waals surface area contributed by atoms with Gasteiger partial charge in [0.05, 0.1) is 23.4 Å². The zero-order chi connectivity index (χ0) is 25.7. The van der Waals surface area contributed by atoms with Gasteiger partial charge < -0.3 is 20.9 Å². The third-order valence-corrected chi connectivity index (χ3v) is 6.31. The van der Waals surface area contributed by atoms with Gasteiger partial charge in [0.2, 0.25) is 0 Å². The summed E-state index contributed by atoms with van der Waals surface area (Å²) < 4.78 is 0. The lowest BCUT2D eigenvalue weighted by atomic mass is 9.85. The molecule has 0 aliphatic carbocycles. The normalized spacial score (nSPS) is 13.6. The molecule has 1 aromatic heterocycles. The summed E-state index contributed by atoms with van der Waals surface area (Å²) in [6.45, 7) is 9.12. The maximum atomic E-state index is 13.0. The van der Waals surface area contributed by atoms with Gasteiger partial charge in [0.25, 0.3) is 11.8 Å². The van der Waals surface area contributed by atoms with Crippen LogP contribution in [0.4, 0.5) is 17.2 Å². The summed E-state index contributed by atoms with van der Waals surface area (Å²) in [5.74, 6) is 0.296. The number of benzene rings is 2. The Balaban J connectivity index is 1.45. The number of hydrogen-bond donors (Lipinski definition) is 3. The first kappa shape index (κ1) is 24.9. The summed E-state index contributed by atoms with van der Waals surface area (Å²) in [6, 6.07) is 18.2. The number of rotatable bonds is 6. The Bertz CT molecular complexity index is 1300. The largest absolute Gasteiger partial charge is 0.354 e. The quantitative estimate of drug-likeness (QED) is 0.488. The maximum Gasteiger partial charge on any atom is 0.256 e. The molecule has 0 atom stereocenters. The van der Waals surface area contributed by atoms with Crippen molar-refractivity contribution in [2.45, 2.75) is 26.2 Å². The lowest BCUT2D eigenvalue weighted by Crippen LogP contribution is -2.43. The molecular formula is C28H30N6O2. The van der Waals surface area contributed by atoms with Gasteiger partial charge in [-0.1, -0.05) is 18.2 Å². The van der Waals surface area contributed by atoms with Gasteiger partial charge in [-0.05, 0) is 68.3 Å². The topological polar surface area (TPSA) is 110 Å². The standard InChI is InChI=1S/C28H30N6O2/c1-19-7-8-22(32-26(35)20-5-4-6-21(15-20)28(2,3)18-29)16-24(19)27(36)33-23-9-10-25(31-17-23)34-13-11-30-12-14-34/h4-10,15-17,30H,11-14H2,1-3H3,(H,32,35)(H,33,36). The molecule has 4 rings (SSSR count). The van der Waals surface area contributed by atoms with Crippen molar-refractivity contribution in [2.75, 3.05) is 41.7 Å². The average molecular weight is 483 g/mol. The second-order valence-electron chi connectivity index (χ2n) is 9.40. The molecule has 0 spiro atoms. The van der Waals surface area contributed by atoms with Gasteiger partial charge in [0, 0.05) is 43.0 Å². The van der Waals surface area contributed by atoms with E-state index in [1.807, 2.05) is 39.0 Å². The van der Waals surface area contributed by atoms with Gasteiger partial charge >= 0.3 is 0 Å². The van der Waals surface area contributed by atoms with E-state index in [0.29, 0.717) is 22.5 Å². The Morgan fingerprint density at radius 2 is 1.72 bits per heavy atom. The van der Waals surface area contributed by atoms with E-state index in [-0.39, 0.29) is 11.8 Å². The summed E-state index contributed by atoms with van der Waals surface area (Å²) in [4.78, 5) is 32.6. The number of nitrogens with one attached hydrogen (secondary N) is 3. The van der Waals surface area contributed by atoms with Gasteiger partial charge in [0.15, 0.2) is 0 Å². The number of aryl methyl sites for hydroxylation is 1. The number of nitriles is 1. The number of hydrogen-bond acceptors (Lipinski definition) is 6. The molecule has 0 unspecified atom stereocenters. The highest BCUT2D eigenvalue weighted by Gasteiger charge is 2.21. The average Bonchev–Trinajstić information content (AvgIpc) is 2.90. The molecule has 0 bridgehead atoms. The maximum absolute atomic E-state index is 13.0. The summed E-state index contributed by atoms with van der Waals surface area (Å²) in [6.07, 6.45) is 1.66. The number of carbonyl (C=O) groups is 2. The van der Waals surface area contributed by atoms with Crippen LogP contribution in [0.25, 0.3) is 0 Å². The van der Waals surface area contributed by atoms with Gasteiger partial charge in [0.1, 0.15) is 5.82 Å². The SMILES string of the molecule is Cc1ccc(NC(=O)c2cccc(C(C)(C)C#N)c2)cc1C(=O)Nc1ccc(N2CCNCC2)nc1. The van der Waals surface area contributed by atoms with E-state index in [0.717, 1.165) is 43.1 Å².